The Morgan fingerprint density at radius 1 is 1.21 bits per heavy atom. The number of rotatable bonds is 3. The summed E-state index contributed by atoms with van der Waals surface area (Å²) in [6, 6.07) is 0. The monoisotopic (exact) mass is 257 g/mol. The summed E-state index contributed by atoms with van der Waals surface area (Å²) in [5.74, 6) is 1.88. The van der Waals surface area contributed by atoms with Crippen molar-refractivity contribution in [3.63, 3.8) is 0 Å². The normalized spacial score (nSPS) is 14.2. The zero-order chi connectivity index (χ0) is 13.2. The molecule has 2 heterocycles. The minimum Gasteiger partial charge on any atom is -0.373 e. The lowest BCUT2D eigenvalue weighted by atomic mass is 10.0. The van der Waals surface area contributed by atoms with Crippen LogP contribution in [0.25, 0.3) is 5.82 Å². The molecule has 3 rings (SSSR count). The highest BCUT2D eigenvalue weighted by molar-refractivity contribution is 5.52. The molecule has 1 aliphatic rings. The fourth-order valence-corrected chi connectivity index (χ4v) is 2.80. The summed E-state index contributed by atoms with van der Waals surface area (Å²) in [4.78, 5) is 13.3. The fraction of sp³-hybridized carbons (Fsp3) is 0.500. The lowest BCUT2D eigenvalue weighted by Crippen LogP contribution is -2.11. The Labute approximate surface area is 113 Å². The number of aryl methyl sites for hydroxylation is 1. The van der Waals surface area contributed by atoms with Crippen LogP contribution in [0.1, 0.15) is 36.7 Å². The van der Waals surface area contributed by atoms with Crippen molar-refractivity contribution < 1.29 is 0 Å². The van der Waals surface area contributed by atoms with Crippen LogP contribution in [0.5, 0.6) is 0 Å². The topological polar surface area (TPSA) is 55.6 Å². The Kier molecular flexibility index (Phi) is 3.19. The molecule has 5 nitrogen and oxygen atoms in total. The standard InChI is InChI=1S/C14H19N5/c1-3-10-13(15-2)16-8-17-14(10)19-9-18-11-6-4-5-7-12(11)19/h8-9H,3-7H2,1-2H3,(H,15,16,17). The van der Waals surface area contributed by atoms with Gasteiger partial charge in [-0.3, -0.25) is 4.57 Å². The smallest absolute Gasteiger partial charge is 0.146 e. The molecule has 100 valence electrons. The molecule has 0 spiro atoms. The molecule has 0 bridgehead atoms. The largest absolute Gasteiger partial charge is 0.373 e. The van der Waals surface area contributed by atoms with Crippen molar-refractivity contribution in [2.75, 3.05) is 12.4 Å². The van der Waals surface area contributed by atoms with Crippen molar-refractivity contribution in [1.82, 2.24) is 19.5 Å². The SMILES string of the molecule is CCc1c(NC)ncnc1-n1cnc2c1CCCC2. The van der Waals surface area contributed by atoms with Crippen LogP contribution in [0.15, 0.2) is 12.7 Å². The molecule has 0 saturated carbocycles. The first kappa shape index (κ1) is 12.1. The van der Waals surface area contributed by atoms with Crippen LogP contribution in [-0.4, -0.2) is 26.6 Å². The molecular formula is C14H19N5. The van der Waals surface area contributed by atoms with E-state index in [2.05, 4.69) is 31.8 Å². The van der Waals surface area contributed by atoms with E-state index in [4.69, 9.17) is 0 Å². The molecule has 1 aliphatic carbocycles. The summed E-state index contributed by atoms with van der Waals surface area (Å²) < 4.78 is 2.15. The molecule has 0 amide bonds. The highest BCUT2D eigenvalue weighted by Gasteiger charge is 2.19. The number of anilines is 1. The third-order valence-electron chi connectivity index (χ3n) is 3.77. The first-order chi connectivity index (χ1) is 9.35. The third-order valence-corrected chi connectivity index (χ3v) is 3.77. The van der Waals surface area contributed by atoms with Gasteiger partial charge in [0.25, 0.3) is 0 Å². The van der Waals surface area contributed by atoms with Crippen molar-refractivity contribution in [3.05, 3.63) is 29.6 Å². The van der Waals surface area contributed by atoms with E-state index in [-0.39, 0.29) is 0 Å². The van der Waals surface area contributed by atoms with E-state index in [1.807, 2.05) is 13.4 Å². The number of hydrogen-bond donors (Lipinski definition) is 1. The third kappa shape index (κ3) is 1.99. The lowest BCUT2D eigenvalue weighted by Gasteiger charge is -2.16. The van der Waals surface area contributed by atoms with Crippen molar-refractivity contribution in [1.29, 1.82) is 0 Å². The number of aromatic nitrogens is 4. The quantitative estimate of drug-likeness (QED) is 0.915. The number of hydrogen-bond acceptors (Lipinski definition) is 4. The molecule has 0 aromatic carbocycles. The zero-order valence-corrected chi connectivity index (χ0v) is 11.5. The van der Waals surface area contributed by atoms with Crippen LogP contribution < -0.4 is 5.32 Å². The van der Waals surface area contributed by atoms with E-state index in [0.29, 0.717) is 0 Å². The number of imidazole rings is 1. The Bertz CT molecular complexity index is 588. The molecule has 2 aromatic heterocycles. The summed E-state index contributed by atoms with van der Waals surface area (Å²) in [5.41, 5.74) is 3.70. The van der Waals surface area contributed by atoms with Gasteiger partial charge in [-0.1, -0.05) is 6.92 Å². The molecule has 0 radical (unpaired) electrons. The molecule has 2 aromatic rings. The van der Waals surface area contributed by atoms with E-state index in [0.717, 1.165) is 36.5 Å². The summed E-state index contributed by atoms with van der Waals surface area (Å²) in [6.07, 6.45) is 9.11. The maximum atomic E-state index is 4.55. The molecule has 0 aliphatic heterocycles. The molecule has 0 saturated heterocycles. The predicted molar refractivity (Wildman–Crippen MR) is 74.7 cm³/mol. The second kappa shape index (κ2) is 4.99. The van der Waals surface area contributed by atoms with Gasteiger partial charge < -0.3 is 5.32 Å². The summed E-state index contributed by atoms with van der Waals surface area (Å²) in [6.45, 7) is 2.13. The Hall–Kier alpha value is -1.91. The lowest BCUT2D eigenvalue weighted by molar-refractivity contribution is 0.653. The van der Waals surface area contributed by atoms with Gasteiger partial charge in [-0.25, -0.2) is 15.0 Å². The second-order valence-electron chi connectivity index (χ2n) is 4.84. The minimum atomic E-state index is 0.902. The summed E-state index contributed by atoms with van der Waals surface area (Å²) in [5, 5.41) is 3.14. The van der Waals surface area contributed by atoms with Gasteiger partial charge in [0.2, 0.25) is 0 Å². The fourth-order valence-electron chi connectivity index (χ4n) is 2.80. The van der Waals surface area contributed by atoms with Crippen molar-refractivity contribution in [3.8, 4) is 5.82 Å². The molecule has 19 heavy (non-hydrogen) atoms. The Morgan fingerprint density at radius 3 is 2.84 bits per heavy atom. The number of nitrogens with one attached hydrogen (secondary N) is 1. The van der Waals surface area contributed by atoms with Gasteiger partial charge in [-0.05, 0) is 32.1 Å². The van der Waals surface area contributed by atoms with Gasteiger partial charge in [0.1, 0.15) is 24.3 Å². The van der Waals surface area contributed by atoms with Crippen LogP contribution in [0, 0.1) is 0 Å². The van der Waals surface area contributed by atoms with Gasteiger partial charge in [0.05, 0.1) is 5.69 Å². The van der Waals surface area contributed by atoms with Crippen LogP contribution >= 0.6 is 0 Å². The molecule has 0 fully saturated rings. The Balaban J connectivity index is 2.14. The van der Waals surface area contributed by atoms with E-state index in [1.54, 1.807) is 6.33 Å². The van der Waals surface area contributed by atoms with E-state index in [9.17, 15) is 0 Å². The number of nitrogens with zero attached hydrogens (tertiary/aromatic N) is 4. The summed E-state index contributed by atoms with van der Waals surface area (Å²) in [7, 11) is 1.90. The van der Waals surface area contributed by atoms with Crippen LogP contribution in [-0.2, 0) is 19.3 Å². The summed E-state index contributed by atoms with van der Waals surface area (Å²) >= 11 is 0. The van der Waals surface area contributed by atoms with E-state index >= 15 is 0 Å². The minimum absolute atomic E-state index is 0.902. The average Bonchev–Trinajstić information content (AvgIpc) is 2.90. The molecule has 0 atom stereocenters. The van der Waals surface area contributed by atoms with Gasteiger partial charge in [-0.2, -0.15) is 0 Å². The second-order valence-corrected chi connectivity index (χ2v) is 4.84. The molecule has 1 N–H and O–H groups in total. The predicted octanol–water partition coefficient (Wildman–Crippen LogP) is 2.15. The van der Waals surface area contributed by atoms with Crippen molar-refractivity contribution in [2.24, 2.45) is 0 Å². The van der Waals surface area contributed by atoms with E-state index < -0.39 is 0 Å². The first-order valence-electron chi connectivity index (χ1n) is 6.92. The highest BCUT2D eigenvalue weighted by atomic mass is 15.1. The maximum Gasteiger partial charge on any atom is 0.146 e. The van der Waals surface area contributed by atoms with Gasteiger partial charge in [0.15, 0.2) is 0 Å². The molecular weight excluding hydrogens is 238 g/mol. The molecule has 5 heteroatoms. The van der Waals surface area contributed by atoms with Gasteiger partial charge in [0, 0.05) is 18.3 Å². The maximum absolute atomic E-state index is 4.55. The van der Waals surface area contributed by atoms with Crippen molar-refractivity contribution >= 4 is 5.82 Å². The van der Waals surface area contributed by atoms with Crippen LogP contribution in [0.4, 0.5) is 5.82 Å². The number of fused-ring (bicyclic) bond motifs is 1. The van der Waals surface area contributed by atoms with Crippen molar-refractivity contribution in [2.45, 2.75) is 39.0 Å². The zero-order valence-electron chi connectivity index (χ0n) is 11.5. The highest BCUT2D eigenvalue weighted by Crippen LogP contribution is 2.25. The van der Waals surface area contributed by atoms with Crippen LogP contribution in [0.3, 0.4) is 0 Å². The van der Waals surface area contributed by atoms with Crippen LogP contribution in [0.2, 0.25) is 0 Å². The van der Waals surface area contributed by atoms with Gasteiger partial charge >= 0.3 is 0 Å². The van der Waals surface area contributed by atoms with Gasteiger partial charge in [-0.15, -0.1) is 0 Å². The van der Waals surface area contributed by atoms with E-state index in [1.165, 1.54) is 24.2 Å². The average molecular weight is 257 g/mol. The molecule has 0 unspecified atom stereocenters. The first-order valence-corrected chi connectivity index (χ1v) is 6.92. The Morgan fingerprint density at radius 2 is 2.05 bits per heavy atom.